The van der Waals surface area contributed by atoms with Gasteiger partial charge < -0.3 is 20.1 Å². The van der Waals surface area contributed by atoms with E-state index >= 15 is 0 Å². The molecule has 3 amide bonds. The van der Waals surface area contributed by atoms with Gasteiger partial charge in [0.1, 0.15) is 5.75 Å². The quantitative estimate of drug-likeness (QED) is 0.235. The predicted octanol–water partition coefficient (Wildman–Crippen LogP) is 1.88. The third kappa shape index (κ3) is 8.07. The molecule has 0 aliphatic carbocycles. The fourth-order valence-corrected chi connectivity index (χ4v) is 2.50. The molecule has 0 heterocycles. The lowest BCUT2D eigenvalue weighted by molar-refractivity contribution is -0.139. The first-order chi connectivity index (χ1) is 14.9. The summed E-state index contributed by atoms with van der Waals surface area (Å²) in [6.45, 7) is 2.12. The number of methoxy groups -OCH3 is 1. The van der Waals surface area contributed by atoms with Gasteiger partial charge in [-0.05, 0) is 42.3 Å². The van der Waals surface area contributed by atoms with Gasteiger partial charge >= 0.3 is 11.8 Å². The lowest BCUT2D eigenvalue weighted by Gasteiger charge is -2.10. The number of nitrogens with zero attached hydrogens (tertiary/aromatic N) is 1. The van der Waals surface area contributed by atoms with Gasteiger partial charge in [-0.3, -0.25) is 14.4 Å². The molecule has 0 bridgehead atoms. The fourth-order valence-electron chi connectivity index (χ4n) is 2.33. The van der Waals surface area contributed by atoms with Crippen molar-refractivity contribution in [3.63, 3.8) is 0 Å². The summed E-state index contributed by atoms with van der Waals surface area (Å²) >= 11 is 6.05. The summed E-state index contributed by atoms with van der Waals surface area (Å²) in [5.74, 6) is -1.61. The molecule has 0 saturated carbocycles. The Labute approximate surface area is 184 Å². The smallest absolute Gasteiger partial charge is 0.329 e. The zero-order valence-corrected chi connectivity index (χ0v) is 17.9. The van der Waals surface area contributed by atoms with Crippen LogP contribution in [0.3, 0.4) is 0 Å². The largest absolute Gasteiger partial charge is 0.484 e. The van der Waals surface area contributed by atoms with E-state index in [1.54, 1.807) is 42.5 Å². The number of hydrazone groups is 1. The molecule has 0 radical (unpaired) electrons. The summed E-state index contributed by atoms with van der Waals surface area (Å²) < 4.78 is 10.3. The monoisotopic (exact) mass is 446 g/mol. The van der Waals surface area contributed by atoms with Crippen molar-refractivity contribution in [3.8, 4) is 5.75 Å². The van der Waals surface area contributed by atoms with E-state index in [2.05, 4.69) is 21.2 Å². The fraction of sp³-hybridized carbons (Fsp3) is 0.238. The Kier molecular flexibility index (Phi) is 9.47. The number of benzene rings is 2. The van der Waals surface area contributed by atoms with Crippen LogP contribution in [-0.4, -0.2) is 50.8 Å². The van der Waals surface area contributed by atoms with Crippen LogP contribution in [0.25, 0.3) is 0 Å². The number of hydrogen-bond donors (Lipinski definition) is 3. The maximum Gasteiger partial charge on any atom is 0.329 e. The molecule has 2 rings (SSSR count). The van der Waals surface area contributed by atoms with Crippen molar-refractivity contribution in [3.05, 3.63) is 58.6 Å². The van der Waals surface area contributed by atoms with Crippen molar-refractivity contribution in [2.45, 2.75) is 6.92 Å². The average Bonchev–Trinajstić information content (AvgIpc) is 2.76. The number of carbonyl (C=O) groups is 3. The number of hydrogen-bond acceptors (Lipinski definition) is 6. The minimum atomic E-state index is -0.896. The summed E-state index contributed by atoms with van der Waals surface area (Å²) in [5, 5.41) is 9.42. The maximum atomic E-state index is 12.1. The number of halogens is 1. The molecule has 0 saturated heterocycles. The van der Waals surface area contributed by atoms with E-state index in [0.717, 1.165) is 5.56 Å². The molecule has 0 atom stereocenters. The van der Waals surface area contributed by atoms with Gasteiger partial charge in [0.15, 0.2) is 6.61 Å². The van der Waals surface area contributed by atoms with Gasteiger partial charge in [0.25, 0.3) is 5.91 Å². The second-order valence-corrected chi connectivity index (χ2v) is 6.68. The lowest BCUT2D eigenvalue weighted by atomic mass is 10.2. The van der Waals surface area contributed by atoms with Gasteiger partial charge in [-0.15, -0.1) is 0 Å². The molecule has 164 valence electrons. The van der Waals surface area contributed by atoms with Crippen LogP contribution in [0.4, 0.5) is 5.69 Å². The topological polar surface area (TPSA) is 118 Å². The molecule has 0 aliphatic heterocycles. The molecule has 31 heavy (non-hydrogen) atoms. The Morgan fingerprint density at radius 1 is 1.13 bits per heavy atom. The van der Waals surface area contributed by atoms with Crippen LogP contribution in [0.1, 0.15) is 11.1 Å². The van der Waals surface area contributed by atoms with Gasteiger partial charge in [0, 0.05) is 24.4 Å². The summed E-state index contributed by atoms with van der Waals surface area (Å²) in [5.41, 5.74) is 4.11. The molecule has 0 fully saturated rings. The van der Waals surface area contributed by atoms with Crippen LogP contribution in [0.2, 0.25) is 5.02 Å². The van der Waals surface area contributed by atoms with Crippen molar-refractivity contribution in [1.82, 2.24) is 10.7 Å². The first kappa shape index (κ1) is 23.8. The van der Waals surface area contributed by atoms with Crippen LogP contribution in [-0.2, 0) is 19.1 Å². The van der Waals surface area contributed by atoms with Crippen LogP contribution in [0.5, 0.6) is 5.75 Å². The zero-order chi connectivity index (χ0) is 22.6. The molecular weight excluding hydrogens is 424 g/mol. The molecule has 0 unspecified atom stereocenters. The Bertz CT molecular complexity index is 965. The summed E-state index contributed by atoms with van der Waals surface area (Å²) in [6.07, 6.45) is 1.35. The molecule has 0 aliphatic rings. The molecule has 10 heteroatoms. The van der Waals surface area contributed by atoms with E-state index in [1.165, 1.54) is 13.3 Å². The highest BCUT2D eigenvalue weighted by Crippen LogP contribution is 2.22. The molecular formula is C21H23ClN4O5. The highest BCUT2D eigenvalue weighted by molar-refractivity contribution is 6.35. The van der Waals surface area contributed by atoms with Crippen LogP contribution >= 0.6 is 11.6 Å². The van der Waals surface area contributed by atoms with Gasteiger partial charge in [-0.1, -0.05) is 29.8 Å². The Hall–Kier alpha value is -3.43. The second kappa shape index (κ2) is 12.3. The minimum absolute atomic E-state index is 0.203. The third-order valence-electron chi connectivity index (χ3n) is 3.95. The van der Waals surface area contributed by atoms with E-state index in [4.69, 9.17) is 21.1 Å². The minimum Gasteiger partial charge on any atom is -0.484 e. The molecule has 9 nitrogen and oxygen atoms in total. The van der Waals surface area contributed by atoms with E-state index < -0.39 is 11.8 Å². The van der Waals surface area contributed by atoms with Crippen molar-refractivity contribution in [2.24, 2.45) is 5.10 Å². The summed E-state index contributed by atoms with van der Waals surface area (Å²) in [7, 11) is 1.49. The third-order valence-corrected chi connectivity index (χ3v) is 4.36. The van der Waals surface area contributed by atoms with Crippen molar-refractivity contribution >= 4 is 41.2 Å². The number of amides is 3. The van der Waals surface area contributed by atoms with Crippen LogP contribution in [0, 0.1) is 6.92 Å². The van der Waals surface area contributed by atoms with Gasteiger partial charge in [-0.2, -0.15) is 5.10 Å². The number of anilines is 1. The molecule has 2 aromatic rings. The first-order valence-electron chi connectivity index (χ1n) is 9.28. The highest BCUT2D eigenvalue weighted by Gasteiger charge is 2.11. The zero-order valence-electron chi connectivity index (χ0n) is 17.1. The van der Waals surface area contributed by atoms with E-state index in [9.17, 15) is 14.4 Å². The summed E-state index contributed by atoms with van der Waals surface area (Å²) in [4.78, 5) is 35.3. The molecule has 3 N–H and O–H groups in total. The maximum absolute atomic E-state index is 12.1. The first-order valence-corrected chi connectivity index (χ1v) is 9.66. The van der Waals surface area contributed by atoms with Crippen LogP contribution < -0.4 is 20.8 Å². The normalized spacial score (nSPS) is 10.5. The molecule has 0 spiro atoms. The molecule has 2 aromatic carbocycles. The van der Waals surface area contributed by atoms with Crippen molar-refractivity contribution < 1.29 is 23.9 Å². The van der Waals surface area contributed by atoms with Gasteiger partial charge in [-0.25, -0.2) is 5.43 Å². The number of carbonyl (C=O) groups excluding carboxylic acids is 3. The molecule has 0 aromatic heterocycles. The Morgan fingerprint density at radius 3 is 2.68 bits per heavy atom. The number of nitrogens with one attached hydrogen (secondary N) is 3. The predicted molar refractivity (Wildman–Crippen MR) is 117 cm³/mol. The van der Waals surface area contributed by atoms with Crippen molar-refractivity contribution in [2.75, 3.05) is 32.2 Å². The number of ether oxygens (including phenoxy) is 2. The number of rotatable bonds is 9. The highest BCUT2D eigenvalue weighted by atomic mass is 35.5. The standard InChI is InChI=1S/C21H23ClN4O5/c1-14-17(22)7-4-8-18(14)25-19(27)13-31-16-6-3-5-15(11-16)12-24-26-21(29)20(28)23-9-10-30-2/h3-8,11-12H,9-10,13H2,1-2H3,(H,23,28)(H,25,27)(H,26,29)/b24-12-. The SMILES string of the molecule is COCCNC(=O)C(=O)N/N=C\c1cccc(OCC(=O)Nc2cccc(Cl)c2C)c1. The van der Waals surface area contributed by atoms with E-state index in [1.807, 2.05) is 6.92 Å². The Morgan fingerprint density at radius 2 is 1.90 bits per heavy atom. The van der Waals surface area contributed by atoms with Gasteiger partial charge in [0.2, 0.25) is 0 Å². The van der Waals surface area contributed by atoms with E-state index in [-0.39, 0.29) is 19.1 Å². The summed E-state index contributed by atoms with van der Waals surface area (Å²) in [6, 6.07) is 12.0. The average molecular weight is 447 g/mol. The van der Waals surface area contributed by atoms with Crippen LogP contribution in [0.15, 0.2) is 47.6 Å². The second-order valence-electron chi connectivity index (χ2n) is 6.27. The van der Waals surface area contributed by atoms with Crippen molar-refractivity contribution in [1.29, 1.82) is 0 Å². The Balaban J connectivity index is 1.84. The van der Waals surface area contributed by atoms with Gasteiger partial charge in [0.05, 0.1) is 12.8 Å². The van der Waals surface area contributed by atoms with E-state index in [0.29, 0.717) is 28.6 Å². The lowest BCUT2D eigenvalue weighted by Crippen LogP contribution is -2.39.